The van der Waals surface area contributed by atoms with Gasteiger partial charge in [0.25, 0.3) is 11.5 Å². The predicted octanol–water partition coefficient (Wildman–Crippen LogP) is 1.83. The van der Waals surface area contributed by atoms with E-state index in [1.54, 1.807) is 0 Å². The number of aromatic nitrogens is 2. The second kappa shape index (κ2) is 6.28. The summed E-state index contributed by atoms with van der Waals surface area (Å²) >= 11 is 0. The van der Waals surface area contributed by atoms with Gasteiger partial charge in [0, 0.05) is 31.1 Å². The number of nitrogens with zero attached hydrogens (tertiary/aromatic N) is 2. The molecule has 3 rings (SSSR count). The molecule has 1 aliphatic carbocycles. The van der Waals surface area contributed by atoms with Gasteiger partial charge in [-0.15, -0.1) is 0 Å². The van der Waals surface area contributed by atoms with Gasteiger partial charge in [0.05, 0.1) is 17.6 Å². The third-order valence-electron chi connectivity index (χ3n) is 3.71. The molecule has 0 aliphatic heterocycles. The highest BCUT2D eigenvalue weighted by Gasteiger charge is 2.25. The fourth-order valence-electron chi connectivity index (χ4n) is 2.27. The van der Waals surface area contributed by atoms with E-state index in [1.807, 2.05) is 0 Å². The highest BCUT2D eigenvalue weighted by molar-refractivity contribution is 5.94. The molecule has 0 radical (unpaired) electrons. The van der Waals surface area contributed by atoms with Crippen LogP contribution >= 0.6 is 0 Å². The Morgan fingerprint density at radius 2 is 2.09 bits per heavy atom. The van der Waals surface area contributed by atoms with Gasteiger partial charge < -0.3 is 5.32 Å². The Morgan fingerprint density at radius 3 is 2.74 bits per heavy atom. The molecule has 2 aromatic rings. The van der Waals surface area contributed by atoms with E-state index in [1.165, 1.54) is 17.0 Å². The van der Waals surface area contributed by atoms with Crippen LogP contribution in [0.3, 0.4) is 0 Å². The van der Waals surface area contributed by atoms with Crippen molar-refractivity contribution in [2.45, 2.75) is 25.3 Å². The molecule has 0 saturated heterocycles. The number of carbonyl (C=O) groups is 1. The lowest BCUT2D eigenvalue weighted by Crippen LogP contribution is -2.31. The van der Waals surface area contributed by atoms with Gasteiger partial charge in [-0.05, 0) is 25.0 Å². The van der Waals surface area contributed by atoms with Crippen LogP contribution in [0.2, 0.25) is 0 Å². The predicted molar refractivity (Wildman–Crippen MR) is 79.2 cm³/mol. The van der Waals surface area contributed by atoms with E-state index in [9.17, 15) is 18.4 Å². The van der Waals surface area contributed by atoms with Gasteiger partial charge in [0.15, 0.2) is 0 Å². The minimum absolute atomic E-state index is 0.139. The minimum Gasteiger partial charge on any atom is -0.350 e. The molecule has 1 aromatic heterocycles. The maximum atomic E-state index is 13.5. The molecule has 1 amide bonds. The summed E-state index contributed by atoms with van der Waals surface area (Å²) in [6, 6.07) is 4.26. The van der Waals surface area contributed by atoms with Crippen LogP contribution < -0.4 is 10.9 Å². The highest BCUT2D eigenvalue weighted by Crippen LogP contribution is 2.38. The van der Waals surface area contributed by atoms with Crippen LogP contribution in [0.15, 0.2) is 35.4 Å². The second-order valence-electron chi connectivity index (χ2n) is 5.50. The van der Waals surface area contributed by atoms with Crippen LogP contribution in [-0.2, 0) is 6.54 Å². The van der Waals surface area contributed by atoms with Crippen LogP contribution in [0.4, 0.5) is 8.78 Å². The van der Waals surface area contributed by atoms with Crippen LogP contribution in [-0.4, -0.2) is 22.0 Å². The average molecular weight is 319 g/mol. The number of halogens is 2. The SMILES string of the molecule is O=C(NCCn1cnc(C2CC2)cc1=O)c1ccc(F)cc1F. The number of hydrogen-bond donors (Lipinski definition) is 1. The van der Waals surface area contributed by atoms with Crippen molar-refractivity contribution < 1.29 is 13.6 Å². The summed E-state index contributed by atoms with van der Waals surface area (Å²) < 4.78 is 27.7. The zero-order valence-electron chi connectivity index (χ0n) is 12.3. The third kappa shape index (κ3) is 3.61. The smallest absolute Gasteiger partial charge is 0.254 e. The molecule has 120 valence electrons. The molecule has 0 atom stereocenters. The molecule has 0 bridgehead atoms. The van der Waals surface area contributed by atoms with E-state index in [0.717, 1.165) is 30.7 Å². The minimum atomic E-state index is -0.921. The van der Waals surface area contributed by atoms with E-state index in [0.29, 0.717) is 12.0 Å². The Hall–Kier alpha value is -2.57. The lowest BCUT2D eigenvalue weighted by Gasteiger charge is -2.08. The number of carbonyl (C=O) groups excluding carboxylic acids is 1. The average Bonchev–Trinajstić information content (AvgIpc) is 3.33. The van der Waals surface area contributed by atoms with Gasteiger partial charge in [0.1, 0.15) is 11.6 Å². The first-order valence-electron chi connectivity index (χ1n) is 7.34. The molecule has 1 N–H and O–H groups in total. The van der Waals surface area contributed by atoms with E-state index in [4.69, 9.17) is 0 Å². The molecule has 7 heteroatoms. The van der Waals surface area contributed by atoms with Crippen molar-refractivity contribution in [3.8, 4) is 0 Å². The zero-order chi connectivity index (χ0) is 16.4. The summed E-state index contributed by atoms with van der Waals surface area (Å²) in [7, 11) is 0. The standard InChI is InChI=1S/C16H15F2N3O2/c17-11-3-4-12(13(18)7-11)16(23)19-5-6-21-9-20-14(8-15(21)22)10-1-2-10/h3-4,7-10H,1-2,5-6H2,(H,19,23). The van der Waals surface area contributed by atoms with Gasteiger partial charge in [-0.2, -0.15) is 0 Å². The van der Waals surface area contributed by atoms with Gasteiger partial charge in [0.2, 0.25) is 0 Å². The van der Waals surface area contributed by atoms with E-state index >= 15 is 0 Å². The maximum absolute atomic E-state index is 13.5. The lowest BCUT2D eigenvalue weighted by molar-refractivity contribution is 0.0948. The topological polar surface area (TPSA) is 64.0 Å². The Balaban J connectivity index is 1.58. The second-order valence-corrected chi connectivity index (χ2v) is 5.50. The number of rotatable bonds is 5. The highest BCUT2D eigenvalue weighted by atomic mass is 19.1. The molecule has 1 fully saturated rings. The van der Waals surface area contributed by atoms with Gasteiger partial charge in [-0.1, -0.05) is 0 Å². The van der Waals surface area contributed by atoms with E-state index in [2.05, 4.69) is 10.3 Å². The molecule has 1 heterocycles. The molecule has 5 nitrogen and oxygen atoms in total. The van der Waals surface area contributed by atoms with Crippen LogP contribution in [0.5, 0.6) is 0 Å². The van der Waals surface area contributed by atoms with Crippen LogP contribution in [0, 0.1) is 11.6 Å². The normalized spacial score (nSPS) is 13.8. The Morgan fingerprint density at radius 1 is 1.30 bits per heavy atom. The van der Waals surface area contributed by atoms with Crippen molar-refractivity contribution in [1.82, 2.24) is 14.9 Å². The van der Waals surface area contributed by atoms with Crippen molar-refractivity contribution >= 4 is 5.91 Å². The largest absolute Gasteiger partial charge is 0.350 e. The van der Waals surface area contributed by atoms with Crippen LogP contribution in [0.1, 0.15) is 34.8 Å². The molecule has 1 aromatic carbocycles. The monoisotopic (exact) mass is 319 g/mol. The number of amides is 1. The molecule has 0 unspecified atom stereocenters. The Bertz CT molecular complexity index is 800. The molecule has 1 saturated carbocycles. The van der Waals surface area contributed by atoms with E-state index < -0.39 is 17.5 Å². The van der Waals surface area contributed by atoms with Crippen LogP contribution in [0.25, 0.3) is 0 Å². The molecule has 1 aliphatic rings. The lowest BCUT2D eigenvalue weighted by atomic mass is 10.2. The summed E-state index contributed by atoms with van der Waals surface area (Å²) in [6.45, 7) is 0.366. The molecule has 0 spiro atoms. The Kier molecular flexibility index (Phi) is 4.18. The van der Waals surface area contributed by atoms with Crippen molar-refractivity contribution in [3.63, 3.8) is 0 Å². The van der Waals surface area contributed by atoms with Gasteiger partial charge in [-0.3, -0.25) is 14.2 Å². The summed E-state index contributed by atoms with van der Waals surface area (Å²) in [5, 5.41) is 2.50. The number of benzene rings is 1. The summed E-state index contributed by atoms with van der Waals surface area (Å²) in [6.07, 6.45) is 3.59. The van der Waals surface area contributed by atoms with Crippen molar-refractivity contribution in [2.75, 3.05) is 6.54 Å². The van der Waals surface area contributed by atoms with Gasteiger partial charge in [-0.25, -0.2) is 13.8 Å². The summed E-state index contributed by atoms with van der Waals surface area (Å²) in [4.78, 5) is 28.0. The van der Waals surface area contributed by atoms with Crippen molar-refractivity contribution in [2.24, 2.45) is 0 Å². The summed E-state index contributed by atoms with van der Waals surface area (Å²) in [5.41, 5.74) is 0.397. The third-order valence-corrected chi connectivity index (χ3v) is 3.71. The summed E-state index contributed by atoms with van der Waals surface area (Å²) in [5.74, 6) is -1.92. The van der Waals surface area contributed by atoms with Gasteiger partial charge >= 0.3 is 0 Å². The first kappa shape index (κ1) is 15.3. The zero-order valence-corrected chi connectivity index (χ0v) is 12.3. The van der Waals surface area contributed by atoms with E-state index in [-0.39, 0.29) is 24.2 Å². The Labute approximate surface area is 131 Å². The fourth-order valence-corrected chi connectivity index (χ4v) is 2.27. The number of nitrogens with one attached hydrogen (secondary N) is 1. The quantitative estimate of drug-likeness (QED) is 0.914. The fraction of sp³-hybridized carbons (Fsp3) is 0.312. The van der Waals surface area contributed by atoms with Crippen molar-refractivity contribution in [3.05, 3.63) is 63.8 Å². The first-order valence-corrected chi connectivity index (χ1v) is 7.34. The molecule has 23 heavy (non-hydrogen) atoms. The first-order chi connectivity index (χ1) is 11.0. The molecular weight excluding hydrogens is 304 g/mol. The maximum Gasteiger partial charge on any atom is 0.254 e. The number of hydrogen-bond acceptors (Lipinski definition) is 3. The van der Waals surface area contributed by atoms with Crippen molar-refractivity contribution in [1.29, 1.82) is 0 Å². The molecular formula is C16H15F2N3O2.